The van der Waals surface area contributed by atoms with Gasteiger partial charge in [0.1, 0.15) is 0 Å². The first kappa shape index (κ1) is 8.53. The van der Waals surface area contributed by atoms with E-state index in [9.17, 15) is 4.79 Å². The van der Waals surface area contributed by atoms with Crippen molar-refractivity contribution in [2.24, 2.45) is 5.73 Å². The molecule has 1 saturated heterocycles. The second-order valence-corrected chi connectivity index (χ2v) is 3.02. The van der Waals surface area contributed by atoms with E-state index < -0.39 is 0 Å². The quantitative estimate of drug-likeness (QED) is 0.597. The summed E-state index contributed by atoms with van der Waals surface area (Å²) >= 11 is 0. The van der Waals surface area contributed by atoms with Gasteiger partial charge in [-0.2, -0.15) is 0 Å². The predicted molar refractivity (Wildman–Crippen MR) is 44.1 cm³/mol. The zero-order valence-electron chi connectivity index (χ0n) is 7.05. The Bertz CT molecular complexity index is 147. The first-order valence-electron chi connectivity index (χ1n) is 4.29. The molecule has 1 fully saturated rings. The van der Waals surface area contributed by atoms with Crippen LogP contribution < -0.4 is 5.73 Å². The Hall–Kier alpha value is -0.570. The number of rotatable bonds is 4. The van der Waals surface area contributed by atoms with Crippen molar-refractivity contribution < 1.29 is 4.79 Å². The molecule has 0 aliphatic carbocycles. The zero-order chi connectivity index (χ0) is 8.27. The van der Waals surface area contributed by atoms with Gasteiger partial charge >= 0.3 is 0 Å². The normalized spacial score (nSPS) is 23.6. The van der Waals surface area contributed by atoms with Crippen LogP contribution in [0.15, 0.2) is 0 Å². The number of nitrogens with two attached hydrogens (primary N) is 1. The van der Waals surface area contributed by atoms with Gasteiger partial charge in [0.25, 0.3) is 0 Å². The van der Waals surface area contributed by atoms with Crippen molar-refractivity contribution in [2.45, 2.75) is 32.2 Å². The summed E-state index contributed by atoms with van der Waals surface area (Å²) in [6.45, 7) is 3.47. The molecule has 0 aromatic carbocycles. The number of hydrogen-bond donors (Lipinski definition) is 1. The summed E-state index contributed by atoms with van der Waals surface area (Å²) in [4.78, 5) is 12.9. The number of likely N-dealkylation sites (tertiary alicyclic amines) is 1. The highest BCUT2D eigenvalue weighted by Crippen LogP contribution is 2.22. The highest BCUT2D eigenvalue weighted by atomic mass is 16.2. The summed E-state index contributed by atoms with van der Waals surface area (Å²) < 4.78 is 0. The minimum atomic E-state index is 0.272. The van der Waals surface area contributed by atoms with Crippen LogP contribution in [0.4, 0.5) is 0 Å². The molecule has 0 spiro atoms. The summed E-state index contributed by atoms with van der Waals surface area (Å²) in [5.74, 6) is 0.272. The summed E-state index contributed by atoms with van der Waals surface area (Å²) in [6, 6.07) is 0.496. The molecule has 1 aliphatic rings. The molecule has 0 radical (unpaired) electrons. The largest absolute Gasteiger partial charge is 0.338 e. The van der Waals surface area contributed by atoms with E-state index in [2.05, 4.69) is 6.92 Å². The van der Waals surface area contributed by atoms with Gasteiger partial charge in [0.15, 0.2) is 0 Å². The van der Waals surface area contributed by atoms with E-state index in [-0.39, 0.29) is 5.91 Å². The molecule has 1 unspecified atom stereocenters. The van der Waals surface area contributed by atoms with E-state index in [1.807, 2.05) is 4.90 Å². The standard InChI is InChI=1S/C8H16N2O/c1-2-3-7-6-8(11)10(7)5-4-9/h7H,2-6,9H2,1H3. The molecule has 3 nitrogen and oxygen atoms in total. The van der Waals surface area contributed by atoms with Crippen LogP contribution in [0.1, 0.15) is 26.2 Å². The number of carbonyl (C=O) groups is 1. The maximum Gasteiger partial charge on any atom is 0.224 e. The Kier molecular flexibility index (Phi) is 2.88. The van der Waals surface area contributed by atoms with Crippen LogP contribution in [0, 0.1) is 0 Å². The molecule has 0 aromatic heterocycles. The highest BCUT2D eigenvalue weighted by molar-refractivity contribution is 5.83. The lowest BCUT2D eigenvalue weighted by Gasteiger charge is -2.40. The fourth-order valence-corrected chi connectivity index (χ4v) is 1.56. The second-order valence-electron chi connectivity index (χ2n) is 3.02. The summed E-state index contributed by atoms with van der Waals surface area (Å²) in [5.41, 5.74) is 5.37. The van der Waals surface area contributed by atoms with Crippen LogP contribution >= 0.6 is 0 Å². The molecule has 1 atom stereocenters. The number of nitrogens with zero attached hydrogens (tertiary/aromatic N) is 1. The minimum Gasteiger partial charge on any atom is -0.338 e. The molecule has 3 heteroatoms. The van der Waals surface area contributed by atoms with E-state index in [4.69, 9.17) is 5.73 Å². The average Bonchev–Trinajstić information content (AvgIpc) is 2.00. The Balaban J connectivity index is 2.29. The summed E-state index contributed by atoms with van der Waals surface area (Å²) in [6.07, 6.45) is 3.03. The minimum absolute atomic E-state index is 0.272. The van der Waals surface area contributed by atoms with Gasteiger partial charge in [-0.1, -0.05) is 13.3 Å². The summed E-state index contributed by atoms with van der Waals surface area (Å²) in [5, 5.41) is 0. The Labute approximate surface area is 67.5 Å². The lowest BCUT2D eigenvalue weighted by molar-refractivity contribution is -0.145. The number of carbonyl (C=O) groups excluding carboxylic acids is 1. The molecule has 1 amide bonds. The van der Waals surface area contributed by atoms with Gasteiger partial charge in [-0.3, -0.25) is 4.79 Å². The molecular weight excluding hydrogens is 140 g/mol. The Morgan fingerprint density at radius 1 is 1.73 bits per heavy atom. The average molecular weight is 156 g/mol. The van der Waals surface area contributed by atoms with E-state index in [1.165, 1.54) is 0 Å². The van der Waals surface area contributed by atoms with Crippen LogP contribution in [0.2, 0.25) is 0 Å². The molecular formula is C8H16N2O. The zero-order valence-corrected chi connectivity index (χ0v) is 7.05. The van der Waals surface area contributed by atoms with Gasteiger partial charge in [-0.15, -0.1) is 0 Å². The van der Waals surface area contributed by atoms with Crippen LogP contribution in [0.5, 0.6) is 0 Å². The predicted octanol–water partition coefficient (Wildman–Crippen LogP) is 0.346. The smallest absolute Gasteiger partial charge is 0.224 e. The lowest BCUT2D eigenvalue weighted by atomic mass is 9.97. The third kappa shape index (κ3) is 1.71. The van der Waals surface area contributed by atoms with Crippen LogP contribution in [0.3, 0.4) is 0 Å². The molecule has 64 valence electrons. The molecule has 2 N–H and O–H groups in total. The fraction of sp³-hybridized carbons (Fsp3) is 0.875. The van der Waals surface area contributed by atoms with E-state index >= 15 is 0 Å². The molecule has 0 aromatic rings. The fourth-order valence-electron chi connectivity index (χ4n) is 1.56. The van der Waals surface area contributed by atoms with Crippen molar-refractivity contribution in [3.63, 3.8) is 0 Å². The van der Waals surface area contributed by atoms with Crippen molar-refractivity contribution in [1.29, 1.82) is 0 Å². The Morgan fingerprint density at radius 3 is 2.91 bits per heavy atom. The van der Waals surface area contributed by atoms with Crippen molar-refractivity contribution in [1.82, 2.24) is 4.90 Å². The van der Waals surface area contributed by atoms with Crippen LogP contribution in [-0.4, -0.2) is 29.9 Å². The Morgan fingerprint density at radius 2 is 2.45 bits per heavy atom. The maximum absolute atomic E-state index is 11.0. The molecule has 1 aliphatic heterocycles. The topological polar surface area (TPSA) is 46.3 Å². The number of hydrogen-bond acceptors (Lipinski definition) is 2. The molecule has 0 bridgehead atoms. The van der Waals surface area contributed by atoms with E-state index in [0.29, 0.717) is 12.6 Å². The molecule has 11 heavy (non-hydrogen) atoms. The lowest BCUT2D eigenvalue weighted by Crippen LogP contribution is -2.54. The van der Waals surface area contributed by atoms with Gasteiger partial charge in [0.05, 0.1) is 0 Å². The molecule has 1 heterocycles. The third-order valence-corrected chi connectivity index (χ3v) is 2.16. The van der Waals surface area contributed by atoms with Crippen molar-refractivity contribution in [3.8, 4) is 0 Å². The van der Waals surface area contributed by atoms with Crippen molar-refractivity contribution in [3.05, 3.63) is 0 Å². The van der Waals surface area contributed by atoms with E-state index in [0.717, 1.165) is 25.8 Å². The van der Waals surface area contributed by atoms with Crippen molar-refractivity contribution >= 4 is 5.91 Å². The van der Waals surface area contributed by atoms with E-state index in [1.54, 1.807) is 0 Å². The number of β-lactam (4-membered cyclic amide) rings is 1. The van der Waals surface area contributed by atoms with Gasteiger partial charge in [0, 0.05) is 25.6 Å². The third-order valence-electron chi connectivity index (χ3n) is 2.16. The molecule has 1 rings (SSSR count). The SMILES string of the molecule is CCCC1CC(=O)N1CCN. The second kappa shape index (κ2) is 3.72. The first-order chi connectivity index (χ1) is 5.29. The van der Waals surface area contributed by atoms with Gasteiger partial charge in [-0.05, 0) is 6.42 Å². The monoisotopic (exact) mass is 156 g/mol. The van der Waals surface area contributed by atoms with Gasteiger partial charge in [-0.25, -0.2) is 0 Å². The molecule has 0 saturated carbocycles. The first-order valence-corrected chi connectivity index (χ1v) is 4.29. The van der Waals surface area contributed by atoms with Crippen LogP contribution in [0.25, 0.3) is 0 Å². The van der Waals surface area contributed by atoms with Gasteiger partial charge in [0.2, 0.25) is 5.91 Å². The van der Waals surface area contributed by atoms with Crippen molar-refractivity contribution in [2.75, 3.05) is 13.1 Å². The maximum atomic E-state index is 11.0. The summed E-state index contributed by atoms with van der Waals surface area (Å²) in [7, 11) is 0. The highest BCUT2D eigenvalue weighted by Gasteiger charge is 2.33. The number of amides is 1. The van der Waals surface area contributed by atoms with Gasteiger partial charge < -0.3 is 10.6 Å². The van der Waals surface area contributed by atoms with Crippen LogP contribution in [-0.2, 0) is 4.79 Å².